The predicted molar refractivity (Wildman–Crippen MR) is 74.9 cm³/mol. The molecule has 1 amide bonds. The number of carbonyl (C=O) groups excluding carboxylic acids is 1. The molecule has 0 aliphatic rings. The van der Waals surface area contributed by atoms with Crippen LogP contribution in [0, 0.1) is 0 Å². The molecule has 0 spiro atoms. The number of aryl methyl sites for hydroxylation is 2. The SMILES string of the molecule is CCN(CC)C(=O)c1cc(-c2cccn2C)nn1C. The number of aromatic nitrogens is 3. The monoisotopic (exact) mass is 260 g/mol. The van der Waals surface area contributed by atoms with Crippen LogP contribution in [0.5, 0.6) is 0 Å². The molecule has 0 atom stereocenters. The van der Waals surface area contributed by atoms with Crippen LogP contribution in [0.2, 0.25) is 0 Å². The Labute approximate surface area is 113 Å². The molecule has 2 aromatic heterocycles. The van der Waals surface area contributed by atoms with Crippen molar-refractivity contribution < 1.29 is 4.79 Å². The summed E-state index contributed by atoms with van der Waals surface area (Å²) in [5, 5.41) is 4.43. The molecule has 0 radical (unpaired) electrons. The molecule has 0 aliphatic heterocycles. The number of rotatable bonds is 4. The lowest BCUT2D eigenvalue weighted by molar-refractivity contribution is 0.0762. The zero-order chi connectivity index (χ0) is 14.0. The fourth-order valence-electron chi connectivity index (χ4n) is 2.19. The average molecular weight is 260 g/mol. The van der Waals surface area contributed by atoms with Crippen molar-refractivity contribution >= 4 is 5.91 Å². The summed E-state index contributed by atoms with van der Waals surface area (Å²) in [7, 11) is 3.78. The lowest BCUT2D eigenvalue weighted by Gasteiger charge is -2.18. The average Bonchev–Trinajstić information content (AvgIpc) is 2.96. The normalized spacial score (nSPS) is 10.7. The highest BCUT2D eigenvalue weighted by Gasteiger charge is 2.19. The maximum absolute atomic E-state index is 12.4. The van der Waals surface area contributed by atoms with Gasteiger partial charge in [-0.2, -0.15) is 5.10 Å². The van der Waals surface area contributed by atoms with Gasteiger partial charge in [-0.15, -0.1) is 0 Å². The summed E-state index contributed by atoms with van der Waals surface area (Å²) < 4.78 is 3.65. The largest absolute Gasteiger partial charge is 0.349 e. The smallest absolute Gasteiger partial charge is 0.272 e. The number of amides is 1. The third kappa shape index (κ3) is 2.41. The van der Waals surface area contributed by atoms with E-state index in [9.17, 15) is 4.79 Å². The Kier molecular flexibility index (Phi) is 3.74. The van der Waals surface area contributed by atoms with Gasteiger partial charge in [0.05, 0.1) is 5.69 Å². The summed E-state index contributed by atoms with van der Waals surface area (Å²) >= 11 is 0. The topological polar surface area (TPSA) is 43.1 Å². The van der Waals surface area contributed by atoms with Gasteiger partial charge in [0, 0.05) is 33.4 Å². The molecule has 102 valence electrons. The van der Waals surface area contributed by atoms with E-state index >= 15 is 0 Å². The second-order valence-electron chi connectivity index (χ2n) is 4.52. The predicted octanol–water partition coefficient (Wildman–Crippen LogP) is 1.91. The van der Waals surface area contributed by atoms with Crippen LogP contribution in [-0.4, -0.2) is 38.2 Å². The van der Waals surface area contributed by atoms with E-state index in [0.29, 0.717) is 18.8 Å². The fraction of sp³-hybridized carbons (Fsp3) is 0.429. The zero-order valence-electron chi connectivity index (χ0n) is 11.9. The molecular formula is C14H20N4O. The second kappa shape index (κ2) is 5.30. The minimum absolute atomic E-state index is 0.0282. The molecule has 0 aromatic carbocycles. The minimum Gasteiger partial charge on any atom is -0.349 e. The fourth-order valence-corrected chi connectivity index (χ4v) is 2.19. The molecule has 0 N–H and O–H groups in total. The Morgan fingerprint density at radius 2 is 2.00 bits per heavy atom. The summed E-state index contributed by atoms with van der Waals surface area (Å²) in [6, 6.07) is 5.82. The molecule has 5 heteroatoms. The van der Waals surface area contributed by atoms with Crippen molar-refractivity contribution in [3.05, 3.63) is 30.1 Å². The van der Waals surface area contributed by atoms with Crippen LogP contribution in [0.1, 0.15) is 24.3 Å². The van der Waals surface area contributed by atoms with E-state index < -0.39 is 0 Å². The van der Waals surface area contributed by atoms with Gasteiger partial charge in [0.15, 0.2) is 0 Å². The second-order valence-corrected chi connectivity index (χ2v) is 4.52. The summed E-state index contributed by atoms with van der Waals surface area (Å²) in [5.41, 5.74) is 2.46. The summed E-state index contributed by atoms with van der Waals surface area (Å²) in [4.78, 5) is 14.2. The number of hydrogen-bond acceptors (Lipinski definition) is 2. The van der Waals surface area contributed by atoms with Crippen molar-refractivity contribution in [3.8, 4) is 11.4 Å². The van der Waals surface area contributed by atoms with Gasteiger partial charge in [-0.1, -0.05) is 0 Å². The van der Waals surface area contributed by atoms with Crippen LogP contribution in [0.3, 0.4) is 0 Å². The third-order valence-corrected chi connectivity index (χ3v) is 3.36. The van der Waals surface area contributed by atoms with Crippen molar-refractivity contribution in [3.63, 3.8) is 0 Å². The lowest BCUT2D eigenvalue weighted by Crippen LogP contribution is -2.31. The highest BCUT2D eigenvalue weighted by Crippen LogP contribution is 2.19. The van der Waals surface area contributed by atoms with E-state index in [-0.39, 0.29) is 5.91 Å². The Bertz CT molecular complexity index is 578. The van der Waals surface area contributed by atoms with Crippen molar-refractivity contribution in [2.75, 3.05) is 13.1 Å². The lowest BCUT2D eigenvalue weighted by atomic mass is 10.2. The maximum Gasteiger partial charge on any atom is 0.272 e. The first-order valence-corrected chi connectivity index (χ1v) is 6.53. The molecule has 0 saturated heterocycles. The first kappa shape index (κ1) is 13.4. The van der Waals surface area contributed by atoms with Crippen LogP contribution >= 0.6 is 0 Å². The Balaban J connectivity index is 2.37. The first-order chi connectivity index (χ1) is 9.08. The summed E-state index contributed by atoms with van der Waals surface area (Å²) in [6.45, 7) is 5.38. The van der Waals surface area contributed by atoms with Gasteiger partial charge >= 0.3 is 0 Å². The van der Waals surface area contributed by atoms with E-state index in [1.807, 2.05) is 56.9 Å². The molecule has 0 aliphatic carbocycles. The molecule has 0 unspecified atom stereocenters. The van der Waals surface area contributed by atoms with Gasteiger partial charge in [-0.05, 0) is 32.0 Å². The van der Waals surface area contributed by atoms with Gasteiger partial charge in [0.25, 0.3) is 5.91 Å². The van der Waals surface area contributed by atoms with Crippen molar-refractivity contribution in [2.45, 2.75) is 13.8 Å². The van der Waals surface area contributed by atoms with Crippen molar-refractivity contribution in [1.82, 2.24) is 19.2 Å². The molecule has 2 rings (SSSR count). The van der Waals surface area contributed by atoms with E-state index in [1.165, 1.54) is 0 Å². The summed E-state index contributed by atoms with van der Waals surface area (Å²) in [6.07, 6.45) is 1.97. The van der Waals surface area contributed by atoms with Crippen molar-refractivity contribution in [1.29, 1.82) is 0 Å². The van der Waals surface area contributed by atoms with E-state index in [4.69, 9.17) is 0 Å². The highest BCUT2D eigenvalue weighted by atomic mass is 16.2. The highest BCUT2D eigenvalue weighted by molar-refractivity contribution is 5.93. The molecular weight excluding hydrogens is 240 g/mol. The van der Waals surface area contributed by atoms with E-state index in [1.54, 1.807) is 9.58 Å². The minimum atomic E-state index is 0.0282. The van der Waals surface area contributed by atoms with Crippen molar-refractivity contribution in [2.24, 2.45) is 14.1 Å². The molecule has 0 bridgehead atoms. The van der Waals surface area contributed by atoms with Crippen LogP contribution < -0.4 is 0 Å². The van der Waals surface area contributed by atoms with E-state index in [2.05, 4.69) is 5.10 Å². The summed E-state index contributed by atoms with van der Waals surface area (Å²) in [5.74, 6) is 0.0282. The van der Waals surface area contributed by atoms with Crippen LogP contribution in [0.4, 0.5) is 0 Å². The number of hydrogen-bond donors (Lipinski definition) is 0. The quantitative estimate of drug-likeness (QED) is 0.842. The van der Waals surface area contributed by atoms with Gasteiger partial charge < -0.3 is 9.47 Å². The van der Waals surface area contributed by atoms with Crippen LogP contribution in [0.25, 0.3) is 11.4 Å². The molecule has 5 nitrogen and oxygen atoms in total. The molecule has 2 aromatic rings. The maximum atomic E-state index is 12.4. The standard InChI is InChI=1S/C14H20N4O/c1-5-18(6-2)14(19)13-10-11(15-17(13)4)12-8-7-9-16(12)3/h7-10H,5-6H2,1-4H3. The Morgan fingerprint density at radius 3 is 2.53 bits per heavy atom. The van der Waals surface area contributed by atoms with Gasteiger partial charge in [-0.3, -0.25) is 9.48 Å². The molecule has 0 fully saturated rings. The van der Waals surface area contributed by atoms with Gasteiger partial charge in [0.2, 0.25) is 0 Å². The Morgan fingerprint density at radius 1 is 1.32 bits per heavy atom. The van der Waals surface area contributed by atoms with Gasteiger partial charge in [-0.25, -0.2) is 0 Å². The molecule has 19 heavy (non-hydrogen) atoms. The van der Waals surface area contributed by atoms with Crippen LogP contribution in [0.15, 0.2) is 24.4 Å². The Hall–Kier alpha value is -2.04. The first-order valence-electron chi connectivity index (χ1n) is 6.53. The third-order valence-electron chi connectivity index (χ3n) is 3.36. The molecule has 0 saturated carbocycles. The van der Waals surface area contributed by atoms with E-state index in [0.717, 1.165) is 11.4 Å². The van der Waals surface area contributed by atoms with Crippen LogP contribution in [-0.2, 0) is 14.1 Å². The number of carbonyl (C=O) groups is 1. The zero-order valence-corrected chi connectivity index (χ0v) is 11.9. The number of nitrogens with zero attached hydrogens (tertiary/aromatic N) is 4. The molecule has 2 heterocycles. The van der Waals surface area contributed by atoms with Gasteiger partial charge in [0.1, 0.15) is 11.4 Å².